The van der Waals surface area contributed by atoms with Crippen LogP contribution in [0.3, 0.4) is 0 Å². The van der Waals surface area contributed by atoms with Crippen molar-refractivity contribution in [2.45, 2.75) is 0 Å². The molecule has 0 spiro atoms. The second-order valence-corrected chi connectivity index (χ2v) is 2.30. The fourth-order valence-electron chi connectivity index (χ4n) is 0.913. The Kier molecular flexibility index (Phi) is 2.09. The third kappa shape index (κ3) is 1.39. The van der Waals surface area contributed by atoms with Crippen LogP contribution in [-0.4, -0.2) is 15.7 Å². The van der Waals surface area contributed by atoms with E-state index in [9.17, 15) is 4.79 Å². The second-order valence-electron chi connectivity index (χ2n) is 2.30. The van der Waals surface area contributed by atoms with Crippen LogP contribution in [0.5, 0.6) is 0 Å². The number of hydrogen-bond acceptors (Lipinski definition) is 5. The molecule has 0 aliphatic carbocycles. The van der Waals surface area contributed by atoms with E-state index in [4.69, 9.17) is 22.9 Å². The number of primary amides is 1. The molecule has 1 heterocycles. The number of amides is 1. The largest absolute Gasteiger partial charge is 0.403 e. The number of carbonyl (C=O) groups is 1. The molecule has 1 aromatic heterocycles. The van der Waals surface area contributed by atoms with Crippen molar-refractivity contribution in [3.05, 3.63) is 11.8 Å². The van der Waals surface area contributed by atoms with Crippen LogP contribution in [-0.2, 0) is 0 Å². The number of carbonyl (C=O) groups excluding carboxylic acids is 1. The summed E-state index contributed by atoms with van der Waals surface area (Å²) in [5.41, 5.74) is 21.0. The minimum atomic E-state index is -0.716. The molecule has 7 nitrogen and oxygen atoms in total. The molecule has 7 heteroatoms. The van der Waals surface area contributed by atoms with Crippen molar-refractivity contribution in [2.24, 2.45) is 11.5 Å². The summed E-state index contributed by atoms with van der Waals surface area (Å²) in [7, 11) is 0. The number of nitrogens with two attached hydrogens (primary N) is 4. The van der Waals surface area contributed by atoms with Crippen LogP contribution >= 0.6 is 0 Å². The van der Waals surface area contributed by atoms with E-state index < -0.39 is 5.91 Å². The highest BCUT2D eigenvalue weighted by Gasteiger charge is 2.16. The highest BCUT2D eigenvalue weighted by atomic mass is 16.1. The Morgan fingerprint density at radius 1 is 1.46 bits per heavy atom. The molecule has 13 heavy (non-hydrogen) atoms. The molecular formula is C6H10N6O. The van der Waals surface area contributed by atoms with Gasteiger partial charge in [-0.05, 0) is 0 Å². The summed E-state index contributed by atoms with van der Waals surface area (Å²) in [5.74, 6) is -0.651. The average Bonchev–Trinajstić information content (AvgIpc) is 2.28. The number of hydrogen-bond donors (Lipinski definition) is 4. The number of aromatic nitrogens is 2. The summed E-state index contributed by atoms with van der Waals surface area (Å²) >= 11 is 0. The van der Waals surface area contributed by atoms with Gasteiger partial charge in [0.05, 0.1) is 0 Å². The normalized spacial score (nSPS) is 10.8. The summed E-state index contributed by atoms with van der Waals surface area (Å²) in [5, 5.41) is 3.72. The summed E-state index contributed by atoms with van der Waals surface area (Å²) in [4.78, 5) is 10.8. The molecule has 8 N–H and O–H groups in total. The zero-order chi connectivity index (χ0) is 10.0. The van der Waals surface area contributed by atoms with Gasteiger partial charge in [0.15, 0.2) is 5.82 Å². The van der Waals surface area contributed by atoms with Gasteiger partial charge in [-0.25, -0.2) is 4.68 Å². The molecule has 1 amide bonds. The SMILES string of the molecule is N/C=C\n1nc(N)c(C(N)=O)c1N. The van der Waals surface area contributed by atoms with Crippen LogP contribution in [0.1, 0.15) is 10.4 Å². The second kappa shape index (κ2) is 3.05. The molecular weight excluding hydrogens is 172 g/mol. The van der Waals surface area contributed by atoms with E-state index in [-0.39, 0.29) is 17.2 Å². The van der Waals surface area contributed by atoms with Crippen molar-refractivity contribution in [1.82, 2.24) is 9.78 Å². The molecule has 0 radical (unpaired) electrons. The highest BCUT2D eigenvalue weighted by molar-refractivity contribution is 6.02. The van der Waals surface area contributed by atoms with Gasteiger partial charge in [-0.1, -0.05) is 0 Å². The van der Waals surface area contributed by atoms with E-state index in [2.05, 4.69) is 5.10 Å². The molecule has 0 unspecified atom stereocenters. The van der Waals surface area contributed by atoms with Gasteiger partial charge in [0.2, 0.25) is 0 Å². The van der Waals surface area contributed by atoms with E-state index in [0.717, 1.165) is 0 Å². The van der Waals surface area contributed by atoms with E-state index in [1.165, 1.54) is 17.1 Å². The quantitative estimate of drug-likeness (QED) is 0.442. The fourth-order valence-corrected chi connectivity index (χ4v) is 0.913. The number of anilines is 2. The Labute approximate surface area is 74.0 Å². The summed E-state index contributed by atoms with van der Waals surface area (Å²) in [6, 6.07) is 0. The standard InChI is InChI=1S/C6H10N6O/c7-1-2-12-5(9)3(6(10)13)4(8)11-12/h1-2H,7,9H2,(H2,8,11)(H2,10,13)/b2-1-. The van der Waals surface area contributed by atoms with Crippen LogP contribution in [0.2, 0.25) is 0 Å². The molecule has 1 aromatic rings. The highest BCUT2D eigenvalue weighted by Crippen LogP contribution is 2.17. The van der Waals surface area contributed by atoms with Crippen molar-refractivity contribution in [3.8, 4) is 0 Å². The Balaban J connectivity index is 3.30. The first kappa shape index (κ1) is 8.91. The minimum Gasteiger partial charge on any atom is -0.403 e. The first-order valence-electron chi connectivity index (χ1n) is 3.39. The van der Waals surface area contributed by atoms with Crippen LogP contribution in [0, 0.1) is 0 Å². The Morgan fingerprint density at radius 3 is 2.46 bits per heavy atom. The molecule has 1 rings (SSSR count). The van der Waals surface area contributed by atoms with Gasteiger partial charge in [0, 0.05) is 12.4 Å². The average molecular weight is 182 g/mol. The first-order chi connectivity index (χ1) is 6.07. The van der Waals surface area contributed by atoms with Crippen molar-refractivity contribution < 1.29 is 4.79 Å². The van der Waals surface area contributed by atoms with Crippen molar-refractivity contribution in [2.75, 3.05) is 11.5 Å². The molecule has 0 atom stereocenters. The molecule has 0 aromatic carbocycles. The lowest BCUT2D eigenvalue weighted by Crippen LogP contribution is -2.14. The summed E-state index contributed by atoms with van der Waals surface area (Å²) in [6.07, 6.45) is 2.58. The Morgan fingerprint density at radius 2 is 2.08 bits per heavy atom. The lowest BCUT2D eigenvalue weighted by atomic mass is 10.3. The Hall–Kier alpha value is -2.18. The third-order valence-electron chi connectivity index (χ3n) is 1.45. The van der Waals surface area contributed by atoms with E-state index in [1.807, 2.05) is 0 Å². The fraction of sp³-hybridized carbons (Fsp3) is 0. The monoisotopic (exact) mass is 182 g/mol. The molecule has 0 bridgehead atoms. The molecule has 0 saturated carbocycles. The van der Waals surface area contributed by atoms with Gasteiger partial charge in [-0.3, -0.25) is 4.79 Å². The van der Waals surface area contributed by atoms with Gasteiger partial charge in [0.25, 0.3) is 5.91 Å². The number of rotatable bonds is 2. The van der Waals surface area contributed by atoms with E-state index in [1.54, 1.807) is 0 Å². The van der Waals surface area contributed by atoms with Crippen LogP contribution in [0.25, 0.3) is 6.20 Å². The Bertz CT molecular complexity index is 365. The summed E-state index contributed by atoms with van der Waals surface area (Å²) < 4.78 is 1.18. The zero-order valence-electron chi connectivity index (χ0n) is 6.77. The maximum Gasteiger partial charge on any atom is 0.256 e. The molecule has 0 fully saturated rings. The molecule has 0 aliphatic heterocycles. The lowest BCUT2D eigenvalue weighted by molar-refractivity contribution is 0.100. The topological polar surface area (TPSA) is 139 Å². The molecule has 0 aliphatic rings. The van der Waals surface area contributed by atoms with Gasteiger partial charge < -0.3 is 22.9 Å². The van der Waals surface area contributed by atoms with E-state index in [0.29, 0.717) is 0 Å². The first-order valence-corrected chi connectivity index (χ1v) is 3.39. The maximum absolute atomic E-state index is 10.8. The van der Waals surface area contributed by atoms with Crippen molar-refractivity contribution in [1.29, 1.82) is 0 Å². The number of nitrogens with zero attached hydrogens (tertiary/aromatic N) is 2. The van der Waals surface area contributed by atoms with Crippen molar-refractivity contribution in [3.63, 3.8) is 0 Å². The minimum absolute atomic E-state index is 0.0110. The van der Waals surface area contributed by atoms with Gasteiger partial charge in [-0.15, -0.1) is 5.10 Å². The van der Waals surface area contributed by atoms with Gasteiger partial charge >= 0.3 is 0 Å². The maximum atomic E-state index is 10.8. The summed E-state index contributed by atoms with van der Waals surface area (Å²) in [6.45, 7) is 0. The predicted octanol–water partition coefficient (Wildman–Crippen LogP) is -1.47. The van der Waals surface area contributed by atoms with Gasteiger partial charge in [-0.2, -0.15) is 0 Å². The molecule has 0 saturated heterocycles. The smallest absolute Gasteiger partial charge is 0.256 e. The lowest BCUT2D eigenvalue weighted by Gasteiger charge is -1.95. The van der Waals surface area contributed by atoms with E-state index >= 15 is 0 Å². The van der Waals surface area contributed by atoms with Crippen LogP contribution in [0.4, 0.5) is 11.6 Å². The zero-order valence-corrected chi connectivity index (χ0v) is 6.77. The molecule has 70 valence electrons. The predicted molar refractivity (Wildman–Crippen MR) is 49.1 cm³/mol. The third-order valence-corrected chi connectivity index (χ3v) is 1.45. The van der Waals surface area contributed by atoms with Gasteiger partial charge in [0.1, 0.15) is 11.4 Å². The van der Waals surface area contributed by atoms with Crippen LogP contribution < -0.4 is 22.9 Å². The van der Waals surface area contributed by atoms with Crippen molar-refractivity contribution >= 4 is 23.7 Å². The number of nitrogen functional groups attached to an aromatic ring is 2. The van der Waals surface area contributed by atoms with Crippen LogP contribution in [0.15, 0.2) is 6.20 Å².